The lowest BCUT2D eigenvalue weighted by atomic mass is 9.99. The highest BCUT2D eigenvalue weighted by molar-refractivity contribution is 6.34. The van der Waals surface area contributed by atoms with E-state index in [4.69, 9.17) is 17.3 Å². The van der Waals surface area contributed by atoms with Gasteiger partial charge in [0.2, 0.25) is 5.91 Å². The fourth-order valence-corrected chi connectivity index (χ4v) is 1.91. The molecule has 0 aliphatic rings. The van der Waals surface area contributed by atoms with E-state index in [-0.39, 0.29) is 0 Å². The third-order valence-electron chi connectivity index (χ3n) is 2.34. The topological polar surface area (TPSA) is 43.1 Å². The van der Waals surface area contributed by atoms with Crippen molar-refractivity contribution in [2.45, 2.75) is 0 Å². The molecule has 0 saturated carbocycles. The summed E-state index contributed by atoms with van der Waals surface area (Å²) in [5.74, 6) is -0.471. The molecule has 2 aromatic carbocycles. The second-order valence-corrected chi connectivity index (χ2v) is 3.80. The zero-order chi connectivity index (χ0) is 11.5. The third-order valence-corrected chi connectivity index (χ3v) is 2.66. The monoisotopic (exact) mass is 231 g/mol. The summed E-state index contributed by atoms with van der Waals surface area (Å²) in [6.07, 6.45) is 0. The number of amides is 1. The van der Waals surface area contributed by atoms with E-state index in [1.54, 1.807) is 18.2 Å². The van der Waals surface area contributed by atoms with Gasteiger partial charge in [0.25, 0.3) is 0 Å². The highest BCUT2D eigenvalue weighted by Gasteiger charge is 2.12. The summed E-state index contributed by atoms with van der Waals surface area (Å²) in [4.78, 5) is 11.3. The second-order valence-electron chi connectivity index (χ2n) is 3.39. The molecular weight excluding hydrogens is 222 g/mol. The molecule has 0 aliphatic heterocycles. The van der Waals surface area contributed by atoms with E-state index in [2.05, 4.69) is 0 Å². The predicted octanol–water partition coefficient (Wildman–Crippen LogP) is 3.11. The smallest absolute Gasteiger partial charge is 0.249 e. The van der Waals surface area contributed by atoms with Crippen LogP contribution >= 0.6 is 11.6 Å². The number of hydrogen-bond donors (Lipinski definition) is 1. The minimum Gasteiger partial charge on any atom is -0.366 e. The molecule has 0 saturated heterocycles. The van der Waals surface area contributed by atoms with Crippen LogP contribution in [0, 0.1) is 0 Å². The van der Waals surface area contributed by atoms with Gasteiger partial charge in [0.05, 0.1) is 0 Å². The first-order valence-electron chi connectivity index (χ1n) is 4.84. The summed E-state index contributed by atoms with van der Waals surface area (Å²) >= 11 is 6.10. The molecule has 3 heteroatoms. The van der Waals surface area contributed by atoms with Gasteiger partial charge in [0.1, 0.15) is 0 Å². The number of halogens is 1. The van der Waals surface area contributed by atoms with Crippen molar-refractivity contribution in [1.29, 1.82) is 0 Å². The van der Waals surface area contributed by atoms with Crippen molar-refractivity contribution in [3.05, 3.63) is 59.1 Å². The molecule has 0 bridgehead atoms. The molecule has 0 aromatic heterocycles. The Morgan fingerprint density at radius 1 is 1.00 bits per heavy atom. The summed E-state index contributed by atoms with van der Waals surface area (Å²) < 4.78 is 0. The van der Waals surface area contributed by atoms with Crippen molar-refractivity contribution in [2.75, 3.05) is 0 Å². The zero-order valence-electron chi connectivity index (χ0n) is 8.48. The van der Waals surface area contributed by atoms with E-state index in [9.17, 15) is 4.79 Å². The molecule has 2 rings (SSSR count). The van der Waals surface area contributed by atoms with Crippen molar-refractivity contribution >= 4 is 17.5 Å². The van der Waals surface area contributed by atoms with Gasteiger partial charge in [-0.2, -0.15) is 0 Å². The van der Waals surface area contributed by atoms with Gasteiger partial charge in [-0.1, -0.05) is 48.0 Å². The van der Waals surface area contributed by atoms with Crippen LogP contribution in [0.25, 0.3) is 11.1 Å². The number of rotatable bonds is 2. The Kier molecular flexibility index (Phi) is 2.93. The van der Waals surface area contributed by atoms with Crippen molar-refractivity contribution in [2.24, 2.45) is 5.73 Å². The van der Waals surface area contributed by atoms with Crippen LogP contribution in [-0.4, -0.2) is 5.91 Å². The normalized spacial score (nSPS) is 10.1. The number of carbonyl (C=O) groups excluding carboxylic acids is 1. The van der Waals surface area contributed by atoms with Gasteiger partial charge in [-0.3, -0.25) is 4.79 Å². The fraction of sp³-hybridized carbons (Fsp3) is 0. The van der Waals surface area contributed by atoms with Crippen LogP contribution in [0.3, 0.4) is 0 Å². The van der Waals surface area contributed by atoms with Gasteiger partial charge in [-0.05, 0) is 17.7 Å². The van der Waals surface area contributed by atoms with E-state index >= 15 is 0 Å². The molecule has 0 aliphatic carbocycles. The predicted molar refractivity (Wildman–Crippen MR) is 65.4 cm³/mol. The molecule has 0 fully saturated rings. The van der Waals surface area contributed by atoms with E-state index in [1.165, 1.54) is 0 Å². The molecule has 2 aromatic rings. The number of primary amides is 1. The summed E-state index contributed by atoms with van der Waals surface area (Å²) in [5.41, 5.74) is 7.35. The van der Waals surface area contributed by atoms with Crippen molar-refractivity contribution in [3.8, 4) is 11.1 Å². The Balaban J connectivity index is 2.68. The summed E-state index contributed by atoms with van der Waals surface area (Å²) in [6.45, 7) is 0. The molecule has 0 atom stereocenters. The van der Waals surface area contributed by atoms with Crippen molar-refractivity contribution in [3.63, 3.8) is 0 Å². The molecule has 0 heterocycles. The van der Waals surface area contributed by atoms with Crippen LogP contribution in [-0.2, 0) is 0 Å². The number of carbonyl (C=O) groups is 1. The zero-order valence-corrected chi connectivity index (χ0v) is 9.24. The first-order valence-corrected chi connectivity index (χ1v) is 5.21. The molecule has 16 heavy (non-hydrogen) atoms. The van der Waals surface area contributed by atoms with Gasteiger partial charge >= 0.3 is 0 Å². The van der Waals surface area contributed by atoms with Gasteiger partial charge in [-0.25, -0.2) is 0 Å². The van der Waals surface area contributed by atoms with Gasteiger partial charge in [0.15, 0.2) is 0 Å². The number of benzene rings is 2. The van der Waals surface area contributed by atoms with E-state index in [0.29, 0.717) is 16.1 Å². The SMILES string of the molecule is NC(=O)c1cccc(Cl)c1-c1ccccc1. The Bertz CT molecular complexity index is 523. The Hall–Kier alpha value is -1.80. The quantitative estimate of drug-likeness (QED) is 0.848. The van der Waals surface area contributed by atoms with Crippen LogP contribution in [0.5, 0.6) is 0 Å². The van der Waals surface area contributed by atoms with Crippen LogP contribution in [0.15, 0.2) is 48.5 Å². The molecule has 0 unspecified atom stereocenters. The van der Waals surface area contributed by atoms with Crippen LogP contribution in [0.1, 0.15) is 10.4 Å². The van der Waals surface area contributed by atoms with Crippen molar-refractivity contribution in [1.82, 2.24) is 0 Å². The largest absolute Gasteiger partial charge is 0.366 e. The highest BCUT2D eigenvalue weighted by atomic mass is 35.5. The lowest BCUT2D eigenvalue weighted by Gasteiger charge is -2.08. The fourth-order valence-electron chi connectivity index (χ4n) is 1.63. The van der Waals surface area contributed by atoms with E-state index < -0.39 is 5.91 Å². The number of nitrogens with two attached hydrogens (primary N) is 1. The van der Waals surface area contributed by atoms with Gasteiger partial charge in [-0.15, -0.1) is 0 Å². The summed E-state index contributed by atoms with van der Waals surface area (Å²) in [5, 5.41) is 0.530. The first-order chi connectivity index (χ1) is 7.70. The maximum absolute atomic E-state index is 11.3. The Morgan fingerprint density at radius 3 is 2.31 bits per heavy atom. The van der Waals surface area contributed by atoms with Crippen LogP contribution < -0.4 is 5.73 Å². The molecule has 2 N–H and O–H groups in total. The average Bonchev–Trinajstić information content (AvgIpc) is 2.29. The molecule has 80 valence electrons. The second kappa shape index (κ2) is 4.37. The lowest BCUT2D eigenvalue weighted by molar-refractivity contribution is 0.100. The standard InChI is InChI=1S/C13H10ClNO/c14-11-8-4-7-10(13(15)16)12(11)9-5-2-1-3-6-9/h1-8H,(H2,15,16). The third kappa shape index (κ3) is 1.92. The van der Waals surface area contributed by atoms with Crippen LogP contribution in [0.4, 0.5) is 0 Å². The molecule has 0 radical (unpaired) electrons. The molecule has 0 spiro atoms. The molecule has 2 nitrogen and oxygen atoms in total. The molecular formula is C13H10ClNO. The van der Waals surface area contributed by atoms with Gasteiger partial charge in [0, 0.05) is 16.1 Å². The maximum atomic E-state index is 11.3. The van der Waals surface area contributed by atoms with Gasteiger partial charge < -0.3 is 5.73 Å². The Labute approximate surface area is 98.7 Å². The molecule has 1 amide bonds. The first kappa shape index (κ1) is 10.7. The minimum atomic E-state index is -0.471. The van der Waals surface area contributed by atoms with E-state index in [0.717, 1.165) is 5.56 Å². The van der Waals surface area contributed by atoms with E-state index in [1.807, 2.05) is 30.3 Å². The number of hydrogen-bond acceptors (Lipinski definition) is 1. The summed E-state index contributed by atoms with van der Waals surface area (Å²) in [7, 11) is 0. The maximum Gasteiger partial charge on any atom is 0.249 e. The average molecular weight is 232 g/mol. The lowest BCUT2D eigenvalue weighted by Crippen LogP contribution is -2.12. The minimum absolute atomic E-state index is 0.443. The van der Waals surface area contributed by atoms with Crippen molar-refractivity contribution < 1.29 is 4.79 Å². The highest BCUT2D eigenvalue weighted by Crippen LogP contribution is 2.30. The Morgan fingerprint density at radius 2 is 1.69 bits per heavy atom. The summed E-state index contributed by atoms with van der Waals surface area (Å²) in [6, 6.07) is 14.6. The van der Waals surface area contributed by atoms with Crippen LogP contribution in [0.2, 0.25) is 5.02 Å².